The maximum atomic E-state index is 5.83. The minimum absolute atomic E-state index is 0.540. The number of piperazine rings is 1. The molecule has 0 amide bonds. The number of hydrogen-bond acceptors (Lipinski definition) is 2. The Hall–Kier alpha value is -0.730. The molecule has 1 fully saturated rings. The van der Waals surface area contributed by atoms with Crippen molar-refractivity contribution < 1.29 is 0 Å². The first-order valence-electron chi connectivity index (χ1n) is 5.50. The van der Waals surface area contributed by atoms with E-state index in [1.807, 2.05) is 0 Å². The van der Waals surface area contributed by atoms with Gasteiger partial charge in [0.1, 0.15) is 0 Å². The third kappa shape index (κ3) is 2.64. The lowest BCUT2D eigenvalue weighted by Gasteiger charge is -2.37. The van der Waals surface area contributed by atoms with Gasteiger partial charge in [0.15, 0.2) is 0 Å². The summed E-state index contributed by atoms with van der Waals surface area (Å²) in [6, 6.07) is 11.1. The number of para-hydroxylation sites is 1. The lowest BCUT2D eigenvalue weighted by molar-refractivity contribution is 0.468. The minimum Gasteiger partial charge on any atom is -0.366 e. The van der Waals surface area contributed by atoms with Crippen molar-refractivity contribution in [2.24, 2.45) is 0 Å². The largest absolute Gasteiger partial charge is 0.366 e. The van der Waals surface area contributed by atoms with Gasteiger partial charge < -0.3 is 10.2 Å². The van der Waals surface area contributed by atoms with E-state index in [0.717, 1.165) is 31.9 Å². The summed E-state index contributed by atoms with van der Waals surface area (Å²) in [5.41, 5.74) is 1.31. The van der Waals surface area contributed by atoms with Gasteiger partial charge in [0.25, 0.3) is 0 Å². The van der Waals surface area contributed by atoms with E-state index in [1.54, 1.807) is 0 Å². The Balaban J connectivity index is 2.11. The Morgan fingerprint density at radius 2 is 2.13 bits per heavy atom. The van der Waals surface area contributed by atoms with Crippen LogP contribution < -0.4 is 10.2 Å². The van der Waals surface area contributed by atoms with Crippen molar-refractivity contribution in [3.05, 3.63) is 30.3 Å². The van der Waals surface area contributed by atoms with Crippen LogP contribution in [0, 0.1) is 0 Å². The standard InChI is InChI=1S/C12H17ClN2/c13-7-6-12-10-14-8-9-15(12)11-4-2-1-3-5-11/h1-5,12,14H,6-10H2. The third-order valence-electron chi connectivity index (χ3n) is 2.88. The first-order valence-corrected chi connectivity index (χ1v) is 6.03. The highest BCUT2D eigenvalue weighted by Gasteiger charge is 2.21. The Kier molecular flexibility index (Phi) is 3.87. The van der Waals surface area contributed by atoms with Crippen LogP contribution in [0.25, 0.3) is 0 Å². The number of nitrogens with one attached hydrogen (secondary N) is 1. The number of benzene rings is 1. The highest BCUT2D eigenvalue weighted by atomic mass is 35.5. The summed E-state index contributed by atoms with van der Waals surface area (Å²) in [7, 11) is 0. The molecule has 0 saturated carbocycles. The summed E-state index contributed by atoms with van der Waals surface area (Å²) in [6.45, 7) is 3.18. The highest BCUT2D eigenvalue weighted by Crippen LogP contribution is 2.19. The molecule has 1 aliphatic heterocycles. The van der Waals surface area contributed by atoms with Gasteiger partial charge in [-0.2, -0.15) is 0 Å². The maximum absolute atomic E-state index is 5.83. The van der Waals surface area contributed by atoms with Crippen LogP contribution in [0.15, 0.2) is 30.3 Å². The molecule has 0 radical (unpaired) electrons. The molecule has 82 valence electrons. The van der Waals surface area contributed by atoms with Crippen LogP contribution in [0.3, 0.4) is 0 Å². The highest BCUT2D eigenvalue weighted by molar-refractivity contribution is 6.17. The fraction of sp³-hybridized carbons (Fsp3) is 0.500. The van der Waals surface area contributed by atoms with Gasteiger partial charge in [0.2, 0.25) is 0 Å². The molecule has 0 bridgehead atoms. The zero-order valence-corrected chi connectivity index (χ0v) is 9.58. The van der Waals surface area contributed by atoms with Crippen molar-refractivity contribution in [2.75, 3.05) is 30.4 Å². The summed E-state index contributed by atoms with van der Waals surface area (Å²) in [6.07, 6.45) is 1.05. The molecular formula is C12H17ClN2. The predicted molar refractivity (Wildman–Crippen MR) is 65.8 cm³/mol. The van der Waals surface area contributed by atoms with Gasteiger partial charge >= 0.3 is 0 Å². The van der Waals surface area contributed by atoms with Gasteiger partial charge in [-0.1, -0.05) is 18.2 Å². The first kappa shape index (κ1) is 10.8. The minimum atomic E-state index is 0.540. The molecule has 1 heterocycles. The Morgan fingerprint density at radius 3 is 2.87 bits per heavy atom. The second-order valence-corrected chi connectivity index (χ2v) is 4.24. The zero-order chi connectivity index (χ0) is 10.5. The molecule has 0 spiro atoms. The molecule has 2 nitrogen and oxygen atoms in total. The van der Waals surface area contributed by atoms with Crippen LogP contribution in [0.4, 0.5) is 5.69 Å². The fourth-order valence-electron chi connectivity index (χ4n) is 2.10. The molecule has 1 unspecified atom stereocenters. The van der Waals surface area contributed by atoms with Gasteiger partial charge in [-0.05, 0) is 18.6 Å². The van der Waals surface area contributed by atoms with Crippen LogP contribution in [0.5, 0.6) is 0 Å². The van der Waals surface area contributed by atoms with E-state index in [-0.39, 0.29) is 0 Å². The van der Waals surface area contributed by atoms with Crippen molar-refractivity contribution in [1.82, 2.24) is 5.32 Å². The molecule has 0 aliphatic carbocycles. The van der Waals surface area contributed by atoms with Crippen LogP contribution in [0.2, 0.25) is 0 Å². The topological polar surface area (TPSA) is 15.3 Å². The average Bonchev–Trinajstić information content (AvgIpc) is 2.31. The lowest BCUT2D eigenvalue weighted by Crippen LogP contribution is -2.51. The summed E-state index contributed by atoms with van der Waals surface area (Å²) < 4.78 is 0. The molecule has 1 aromatic carbocycles. The molecule has 1 aromatic rings. The van der Waals surface area contributed by atoms with Gasteiger partial charge in [0, 0.05) is 37.2 Å². The average molecular weight is 225 g/mol. The number of anilines is 1. The van der Waals surface area contributed by atoms with Gasteiger partial charge in [-0.3, -0.25) is 0 Å². The predicted octanol–water partition coefficient (Wildman–Crippen LogP) is 2.09. The van der Waals surface area contributed by atoms with Crippen molar-refractivity contribution in [3.8, 4) is 0 Å². The molecule has 2 rings (SSSR count). The second kappa shape index (κ2) is 5.38. The van der Waals surface area contributed by atoms with E-state index >= 15 is 0 Å². The summed E-state index contributed by atoms with van der Waals surface area (Å²) in [4.78, 5) is 2.46. The summed E-state index contributed by atoms with van der Waals surface area (Å²) in [5, 5.41) is 3.42. The number of hydrogen-bond donors (Lipinski definition) is 1. The number of nitrogens with zero attached hydrogens (tertiary/aromatic N) is 1. The third-order valence-corrected chi connectivity index (χ3v) is 3.10. The van der Waals surface area contributed by atoms with E-state index in [2.05, 4.69) is 40.5 Å². The molecular weight excluding hydrogens is 208 g/mol. The van der Waals surface area contributed by atoms with E-state index in [1.165, 1.54) is 5.69 Å². The fourth-order valence-corrected chi connectivity index (χ4v) is 2.36. The number of halogens is 1. The van der Waals surface area contributed by atoms with Gasteiger partial charge in [-0.15, -0.1) is 11.6 Å². The van der Waals surface area contributed by atoms with Gasteiger partial charge in [0.05, 0.1) is 0 Å². The molecule has 3 heteroatoms. The smallest absolute Gasteiger partial charge is 0.0426 e. The molecule has 0 aromatic heterocycles. The van der Waals surface area contributed by atoms with Gasteiger partial charge in [-0.25, -0.2) is 0 Å². The molecule has 1 N–H and O–H groups in total. The molecule has 1 saturated heterocycles. The van der Waals surface area contributed by atoms with Crippen molar-refractivity contribution in [2.45, 2.75) is 12.5 Å². The Bertz CT molecular complexity index is 287. The maximum Gasteiger partial charge on any atom is 0.0426 e. The summed E-state index contributed by atoms with van der Waals surface area (Å²) in [5.74, 6) is 0.732. The molecule has 1 atom stereocenters. The van der Waals surface area contributed by atoms with Crippen molar-refractivity contribution in [1.29, 1.82) is 0 Å². The van der Waals surface area contributed by atoms with Crippen LogP contribution in [0.1, 0.15) is 6.42 Å². The van der Waals surface area contributed by atoms with E-state index < -0.39 is 0 Å². The monoisotopic (exact) mass is 224 g/mol. The van der Waals surface area contributed by atoms with Crippen LogP contribution in [-0.2, 0) is 0 Å². The first-order chi connectivity index (χ1) is 7.42. The number of rotatable bonds is 3. The Labute approximate surface area is 96.2 Å². The number of alkyl halides is 1. The van der Waals surface area contributed by atoms with Crippen molar-refractivity contribution in [3.63, 3.8) is 0 Å². The zero-order valence-electron chi connectivity index (χ0n) is 8.82. The van der Waals surface area contributed by atoms with E-state index in [9.17, 15) is 0 Å². The quantitative estimate of drug-likeness (QED) is 0.792. The van der Waals surface area contributed by atoms with E-state index in [4.69, 9.17) is 11.6 Å². The normalized spacial score (nSPS) is 21.7. The SMILES string of the molecule is ClCCC1CNCCN1c1ccccc1. The van der Waals surface area contributed by atoms with Crippen LogP contribution >= 0.6 is 11.6 Å². The van der Waals surface area contributed by atoms with Crippen LogP contribution in [-0.4, -0.2) is 31.6 Å². The molecule has 1 aliphatic rings. The summed E-state index contributed by atoms with van der Waals surface area (Å²) >= 11 is 5.83. The lowest BCUT2D eigenvalue weighted by atomic mass is 10.1. The van der Waals surface area contributed by atoms with E-state index in [0.29, 0.717) is 6.04 Å². The second-order valence-electron chi connectivity index (χ2n) is 3.86. The molecule has 15 heavy (non-hydrogen) atoms. The van der Waals surface area contributed by atoms with Crippen molar-refractivity contribution >= 4 is 17.3 Å². The Morgan fingerprint density at radius 1 is 1.33 bits per heavy atom.